The van der Waals surface area contributed by atoms with Crippen molar-refractivity contribution in [1.29, 1.82) is 0 Å². The molecule has 3 N–H and O–H groups in total. The summed E-state index contributed by atoms with van der Waals surface area (Å²) >= 11 is 0. The summed E-state index contributed by atoms with van der Waals surface area (Å²) in [5.74, 6) is -1.14. The van der Waals surface area contributed by atoms with Crippen LogP contribution in [-0.4, -0.2) is 12.1 Å². The highest BCUT2D eigenvalue weighted by atomic mass is 19.1. The fourth-order valence-electron chi connectivity index (χ4n) is 1.48. The molecule has 1 saturated heterocycles. The van der Waals surface area contributed by atoms with E-state index in [1.807, 2.05) is 0 Å². The Morgan fingerprint density at radius 2 is 2.19 bits per heavy atom. The van der Waals surface area contributed by atoms with Gasteiger partial charge < -0.3 is 10.7 Å². The minimum absolute atomic E-state index is 0.0150. The number of nitrogens with one attached hydrogen (secondary N) is 3. The minimum Gasteiger partial charge on any atom is -0.339 e. The quantitative estimate of drug-likeness (QED) is 0.678. The number of amides is 1. The lowest BCUT2D eigenvalue weighted by Crippen LogP contribution is -2.42. The van der Waals surface area contributed by atoms with Gasteiger partial charge in [-0.05, 0) is 18.6 Å². The van der Waals surface area contributed by atoms with Crippen LogP contribution in [0.25, 0.3) is 0 Å². The van der Waals surface area contributed by atoms with Crippen molar-refractivity contribution in [3.8, 4) is 0 Å². The zero-order valence-electron chi connectivity index (χ0n) is 8.39. The monoisotopic (exact) mass is 227 g/mol. The average molecular weight is 227 g/mol. The van der Waals surface area contributed by atoms with E-state index in [0.29, 0.717) is 12.8 Å². The molecule has 1 aliphatic rings. The molecule has 1 fully saturated rings. The lowest BCUT2D eigenvalue weighted by Gasteiger charge is -2.14. The fourth-order valence-corrected chi connectivity index (χ4v) is 1.48. The van der Waals surface area contributed by atoms with Gasteiger partial charge in [0.15, 0.2) is 0 Å². The van der Waals surface area contributed by atoms with Crippen molar-refractivity contribution in [2.24, 2.45) is 0 Å². The molecule has 1 aromatic carbocycles. The van der Waals surface area contributed by atoms with Crippen molar-refractivity contribution in [3.63, 3.8) is 0 Å². The Bertz CT molecular complexity index is 411. The summed E-state index contributed by atoms with van der Waals surface area (Å²) in [6.45, 7) is 0. The van der Waals surface area contributed by atoms with Gasteiger partial charge >= 0.3 is 0 Å². The van der Waals surface area contributed by atoms with Crippen LogP contribution in [0, 0.1) is 11.6 Å². The maximum atomic E-state index is 13.2. The summed E-state index contributed by atoms with van der Waals surface area (Å²) in [5.41, 5.74) is 5.26. The molecule has 6 heteroatoms. The Morgan fingerprint density at radius 3 is 2.88 bits per heavy atom. The maximum Gasteiger partial charge on any atom is 0.221 e. The van der Waals surface area contributed by atoms with Crippen molar-refractivity contribution in [1.82, 2.24) is 10.7 Å². The number of hydrazine groups is 1. The van der Waals surface area contributed by atoms with Crippen LogP contribution in [0.3, 0.4) is 0 Å². The van der Waals surface area contributed by atoms with Gasteiger partial charge in [0.25, 0.3) is 0 Å². The Balaban J connectivity index is 1.94. The van der Waals surface area contributed by atoms with Crippen LogP contribution in [0.1, 0.15) is 12.8 Å². The Morgan fingerprint density at radius 1 is 1.38 bits per heavy atom. The predicted molar refractivity (Wildman–Crippen MR) is 54.3 cm³/mol. The summed E-state index contributed by atoms with van der Waals surface area (Å²) < 4.78 is 26.0. The highest BCUT2D eigenvalue weighted by molar-refractivity contribution is 5.78. The molecule has 1 atom stereocenters. The molecule has 0 bridgehead atoms. The number of carbonyl (C=O) groups excluding carboxylic acids is 1. The van der Waals surface area contributed by atoms with Crippen LogP contribution in [0.15, 0.2) is 18.2 Å². The van der Waals surface area contributed by atoms with Gasteiger partial charge in [-0.25, -0.2) is 14.2 Å². The van der Waals surface area contributed by atoms with Gasteiger partial charge in [0.1, 0.15) is 11.6 Å². The number of rotatable bonds is 3. The zero-order chi connectivity index (χ0) is 11.5. The van der Waals surface area contributed by atoms with Crippen molar-refractivity contribution >= 4 is 11.6 Å². The molecule has 1 aliphatic heterocycles. The number of anilines is 1. The lowest BCUT2D eigenvalue weighted by molar-refractivity contribution is -0.119. The van der Waals surface area contributed by atoms with Crippen molar-refractivity contribution in [3.05, 3.63) is 29.8 Å². The molecule has 1 heterocycles. The smallest absolute Gasteiger partial charge is 0.221 e. The van der Waals surface area contributed by atoms with Gasteiger partial charge in [0, 0.05) is 12.5 Å². The third kappa shape index (κ3) is 2.46. The molecule has 0 spiro atoms. The van der Waals surface area contributed by atoms with Gasteiger partial charge in [0.05, 0.1) is 11.9 Å². The third-order valence-corrected chi connectivity index (χ3v) is 2.30. The molecule has 4 nitrogen and oxygen atoms in total. The van der Waals surface area contributed by atoms with Gasteiger partial charge in [-0.15, -0.1) is 0 Å². The van der Waals surface area contributed by atoms with Crippen molar-refractivity contribution in [2.45, 2.75) is 19.0 Å². The van der Waals surface area contributed by atoms with E-state index in [4.69, 9.17) is 0 Å². The summed E-state index contributed by atoms with van der Waals surface area (Å²) in [6, 6.07) is 3.11. The first kappa shape index (κ1) is 10.8. The fraction of sp³-hybridized carbons (Fsp3) is 0.300. The van der Waals surface area contributed by atoms with Crippen LogP contribution in [0.2, 0.25) is 0 Å². The first-order valence-corrected chi connectivity index (χ1v) is 4.91. The second-order valence-corrected chi connectivity index (χ2v) is 3.55. The van der Waals surface area contributed by atoms with E-state index in [9.17, 15) is 13.6 Å². The second kappa shape index (κ2) is 4.44. The first-order chi connectivity index (χ1) is 7.65. The number of carbonyl (C=O) groups is 1. The molecule has 1 aromatic rings. The molecule has 1 unspecified atom stereocenters. The van der Waals surface area contributed by atoms with E-state index in [1.165, 1.54) is 0 Å². The van der Waals surface area contributed by atoms with Crippen LogP contribution in [0.4, 0.5) is 14.5 Å². The number of benzene rings is 1. The van der Waals surface area contributed by atoms with Crippen LogP contribution < -0.4 is 16.2 Å². The normalized spacial score (nSPS) is 19.6. The first-order valence-electron chi connectivity index (χ1n) is 4.91. The molecule has 2 rings (SSSR count). The number of hydrogen-bond donors (Lipinski definition) is 3. The third-order valence-electron chi connectivity index (χ3n) is 2.30. The summed E-state index contributed by atoms with van der Waals surface area (Å²) in [4.78, 5) is 10.9. The Kier molecular flexibility index (Phi) is 3.00. The Hall–Kier alpha value is -1.69. The highest BCUT2D eigenvalue weighted by Gasteiger charge is 2.20. The van der Waals surface area contributed by atoms with Gasteiger partial charge in [-0.2, -0.15) is 0 Å². The van der Waals surface area contributed by atoms with Gasteiger partial charge in [0.2, 0.25) is 5.91 Å². The standard InChI is InChI=1S/C10H11F2N3O/c11-6-1-2-7(12)8(5-6)14-15-9-3-4-10(16)13-9/h1-2,5,9,14-15H,3-4H2,(H,13,16). The Labute approximate surface area is 91.0 Å². The van der Waals surface area contributed by atoms with E-state index >= 15 is 0 Å². The SMILES string of the molecule is O=C1CCC(NNc2cc(F)ccc2F)N1. The molecular weight excluding hydrogens is 216 g/mol. The van der Waals surface area contributed by atoms with Crippen LogP contribution in [0.5, 0.6) is 0 Å². The maximum absolute atomic E-state index is 13.2. The predicted octanol–water partition coefficient (Wildman–Crippen LogP) is 1.12. The molecule has 0 aliphatic carbocycles. The van der Waals surface area contributed by atoms with Gasteiger partial charge in [-0.3, -0.25) is 4.79 Å². The second-order valence-electron chi connectivity index (χ2n) is 3.55. The molecule has 0 saturated carbocycles. The van der Waals surface area contributed by atoms with E-state index in [2.05, 4.69) is 16.2 Å². The van der Waals surface area contributed by atoms with Crippen LogP contribution >= 0.6 is 0 Å². The highest BCUT2D eigenvalue weighted by Crippen LogP contribution is 2.14. The van der Waals surface area contributed by atoms with E-state index in [0.717, 1.165) is 18.2 Å². The number of hydrogen-bond acceptors (Lipinski definition) is 3. The topological polar surface area (TPSA) is 53.2 Å². The molecule has 0 aromatic heterocycles. The summed E-state index contributed by atoms with van der Waals surface area (Å²) in [7, 11) is 0. The summed E-state index contributed by atoms with van der Waals surface area (Å²) in [6.07, 6.45) is 0.795. The zero-order valence-corrected chi connectivity index (χ0v) is 8.39. The van der Waals surface area contributed by atoms with Crippen molar-refractivity contribution in [2.75, 3.05) is 5.43 Å². The van der Waals surface area contributed by atoms with E-state index in [-0.39, 0.29) is 17.8 Å². The molecule has 16 heavy (non-hydrogen) atoms. The van der Waals surface area contributed by atoms with Crippen molar-refractivity contribution < 1.29 is 13.6 Å². The molecule has 1 amide bonds. The van der Waals surface area contributed by atoms with Gasteiger partial charge in [-0.1, -0.05) is 0 Å². The number of halogens is 2. The molecular formula is C10H11F2N3O. The van der Waals surface area contributed by atoms with E-state index in [1.54, 1.807) is 0 Å². The summed E-state index contributed by atoms with van der Waals surface area (Å²) in [5, 5.41) is 2.63. The molecule has 0 radical (unpaired) electrons. The molecule has 86 valence electrons. The lowest BCUT2D eigenvalue weighted by atomic mass is 10.3. The minimum atomic E-state index is -0.557. The van der Waals surface area contributed by atoms with E-state index < -0.39 is 11.6 Å². The van der Waals surface area contributed by atoms with Crippen LogP contribution in [-0.2, 0) is 4.79 Å². The largest absolute Gasteiger partial charge is 0.339 e. The average Bonchev–Trinajstić information content (AvgIpc) is 2.66.